The fourth-order valence-corrected chi connectivity index (χ4v) is 3.04. The summed E-state index contributed by atoms with van der Waals surface area (Å²) in [5.74, 6) is 1.80. The predicted molar refractivity (Wildman–Crippen MR) is 98.0 cm³/mol. The minimum atomic E-state index is 0.637. The van der Waals surface area contributed by atoms with Gasteiger partial charge in [0.25, 0.3) is 0 Å². The van der Waals surface area contributed by atoms with E-state index in [9.17, 15) is 0 Å². The number of methoxy groups -OCH3 is 1. The zero-order valence-electron chi connectivity index (χ0n) is 13.9. The van der Waals surface area contributed by atoms with E-state index in [1.807, 2.05) is 24.3 Å². The lowest BCUT2D eigenvalue weighted by molar-refractivity contribution is 0.174. The summed E-state index contributed by atoms with van der Waals surface area (Å²) in [5.41, 5.74) is 1.31. The highest BCUT2D eigenvalue weighted by Crippen LogP contribution is 2.14. The molecule has 2 aromatic rings. The van der Waals surface area contributed by atoms with Crippen LogP contribution in [-0.2, 0) is 13.1 Å². The van der Waals surface area contributed by atoms with Crippen LogP contribution in [0.1, 0.15) is 11.3 Å². The van der Waals surface area contributed by atoms with E-state index in [0.29, 0.717) is 6.54 Å². The van der Waals surface area contributed by atoms with Gasteiger partial charge in [-0.05, 0) is 42.0 Å². The zero-order chi connectivity index (χ0) is 16.8. The van der Waals surface area contributed by atoms with Crippen molar-refractivity contribution in [2.45, 2.75) is 13.1 Å². The molecule has 6 heteroatoms. The van der Waals surface area contributed by atoms with E-state index in [4.69, 9.17) is 21.4 Å². The standard InChI is InChI=1S/C18H23N3O2S/c1-22-16-6-4-15(5-7-16)14-20-8-10-21(11-9-20)18(24)19-13-17-3-2-12-23-17/h2-7,12H,8-11,13-14H2,1H3,(H,19,24). The lowest BCUT2D eigenvalue weighted by Gasteiger charge is -2.36. The van der Waals surface area contributed by atoms with Crippen LogP contribution in [0.15, 0.2) is 47.1 Å². The van der Waals surface area contributed by atoms with Gasteiger partial charge in [-0.15, -0.1) is 0 Å². The molecule has 0 amide bonds. The number of nitrogens with zero attached hydrogens (tertiary/aromatic N) is 2. The van der Waals surface area contributed by atoms with E-state index in [-0.39, 0.29) is 0 Å². The average Bonchev–Trinajstić information content (AvgIpc) is 3.14. The van der Waals surface area contributed by atoms with Gasteiger partial charge in [-0.2, -0.15) is 0 Å². The van der Waals surface area contributed by atoms with Crippen molar-refractivity contribution < 1.29 is 9.15 Å². The van der Waals surface area contributed by atoms with E-state index >= 15 is 0 Å². The number of hydrogen-bond donors (Lipinski definition) is 1. The summed E-state index contributed by atoms with van der Waals surface area (Å²) in [7, 11) is 1.69. The molecule has 0 spiro atoms. The Bertz CT molecular complexity index is 635. The van der Waals surface area contributed by atoms with Gasteiger partial charge in [-0.3, -0.25) is 4.90 Å². The smallest absolute Gasteiger partial charge is 0.169 e. The summed E-state index contributed by atoms with van der Waals surface area (Å²) in [6.07, 6.45) is 1.68. The van der Waals surface area contributed by atoms with E-state index in [0.717, 1.165) is 49.3 Å². The van der Waals surface area contributed by atoms with Crippen molar-refractivity contribution >= 4 is 17.3 Å². The molecule has 0 atom stereocenters. The van der Waals surface area contributed by atoms with Crippen LogP contribution >= 0.6 is 12.2 Å². The molecule has 1 aliphatic heterocycles. The number of ether oxygens (including phenoxy) is 1. The van der Waals surface area contributed by atoms with Crippen molar-refractivity contribution in [3.8, 4) is 5.75 Å². The maximum atomic E-state index is 5.48. The molecule has 1 saturated heterocycles. The van der Waals surface area contributed by atoms with E-state index in [2.05, 4.69) is 27.2 Å². The molecule has 0 unspecified atom stereocenters. The van der Waals surface area contributed by atoms with Crippen molar-refractivity contribution in [2.75, 3.05) is 33.3 Å². The summed E-state index contributed by atoms with van der Waals surface area (Å²) in [4.78, 5) is 4.68. The minimum absolute atomic E-state index is 0.637. The van der Waals surface area contributed by atoms with Gasteiger partial charge < -0.3 is 19.4 Å². The topological polar surface area (TPSA) is 40.9 Å². The van der Waals surface area contributed by atoms with E-state index in [1.165, 1.54) is 5.56 Å². The molecule has 1 aliphatic rings. The van der Waals surface area contributed by atoms with E-state index < -0.39 is 0 Å². The predicted octanol–water partition coefficient (Wildman–Crippen LogP) is 2.48. The van der Waals surface area contributed by atoms with Crippen molar-refractivity contribution in [1.29, 1.82) is 0 Å². The van der Waals surface area contributed by atoms with Gasteiger partial charge >= 0.3 is 0 Å². The summed E-state index contributed by atoms with van der Waals surface area (Å²) >= 11 is 5.48. The second-order valence-corrected chi connectivity index (χ2v) is 6.24. The Kier molecular flexibility index (Phi) is 5.72. The van der Waals surface area contributed by atoms with Gasteiger partial charge in [0.1, 0.15) is 11.5 Å². The first kappa shape index (κ1) is 16.8. The Morgan fingerprint density at radius 3 is 2.54 bits per heavy atom. The number of rotatable bonds is 5. The third kappa shape index (κ3) is 4.49. The molecule has 1 aromatic carbocycles. The van der Waals surface area contributed by atoms with Crippen LogP contribution in [0.2, 0.25) is 0 Å². The summed E-state index contributed by atoms with van der Waals surface area (Å²) in [6.45, 7) is 5.51. The van der Waals surface area contributed by atoms with Gasteiger partial charge in [0.15, 0.2) is 5.11 Å². The summed E-state index contributed by atoms with van der Waals surface area (Å²) in [6, 6.07) is 12.1. The molecule has 0 aliphatic carbocycles. The van der Waals surface area contributed by atoms with Gasteiger partial charge in [0, 0.05) is 32.7 Å². The first-order valence-electron chi connectivity index (χ1n) is 8.15. The monoisotopic (exact) mass is 345 g/mol. The Hall–Kier alpha value is -2.05. The molecule has 128 valence electrons. The number of nitrogens with one attached hydrogen (secondary N) is 1. The maximum absolute atomic E-state index is 5.48. The fraction of sp³-hybridized carbons (Fsp3) is 0.389. The molecule has 2 heterocycles. The first-order valence-corrected chi connectivity index (χ1v) is 8.56. The van der Waals surface area contributed by atoms with Crippen molar-refractivity contribution in [2.24, 2.45) is 0 Å². The molecular weight excluding hydrogens is 322 g/mol. The van der Waals surface area contributed by atoms with Crippen molar-refractivity contribution in [3.63, 3.8) is 0 Å². The number of thiocarbonyl (C=S) groups is 1. The van der Waals surface area contributed by atoms with Crippen LogP contribution in [0.4, 0.5) is 0 Å². The molecule has 0 radical (unpaired) electrons. The lowest BCUT2D eigenvalue weighted by Crippen LogP contribution is -2.51. The highest BCUT2D eigenvalue weighted by molar-refractivity contribution is 7.80. The van der Waals surface area contributed by atoms with Crippen LogP contribution < -0.4 is 10.1 Å². The van der Waals surface area contributed by atoms with Crippen LogP contribution in [0, 0.1) is 0 Å². The second-order valence-electron chi connectivity index (χ2n) is 5.85. The Balaban J connectivity index is 1.42. The van der Waals surface area contributed by atoms with Crippen LogP contribution in [0.3, 0.4) is 0 Å². The molecule has 0 bridgehead atoms. The molecule has 1 aromatic heterocycles. The minimum Gasteiger partial charge on any atom is -0.497 e. The Morgan fingerprint density at radius 1 is 1.17 bits per heavy atom. The fourth-order valence-electron chi connectivity index (χ4n) is 2.79. The maximum Gasteiger partial charge on any atom is 0.169 e. The zero-order valence-corrected chi connectivity index (χ0v) is 14.7. The third-order valence-corrected chi connectivity index (χ3v) is 4.62. The van der Waals surface area contributed by atoms with E-state index in [1.54, 1.807) is 13.4 Å². The molecule has 1 fully saturated rings. The van der Waals surface area contributed by atoms with Crippen LogP contribution in [-0.4, -0.2) is 48.2 Å². The normalized spacial score (nSPS) is 15.3. The third-order valence-electron chi connectivity index (χ3n) is 4.22. The Morgan fingerprint density at radius 2 is 1.92 bits per heavy atom. The first-order chi connectivity index (χ1) is 11.7. The SMILES string of the molecule is COc1ccc(CN2CCN(C(=S)NCc3ccco3)CC2)cc1. The van der Waals surface area contributed by atoms with Gasteiger partial charge in [0.2, 0.25) is 0 Å². The highest BCUT2D eigenvalue weighted by atomic mass is 32.1. The number of furan rings is 1. The Labute approximate surface area is 148 Å². The van der Waals surface area contributed by atoms with Gasteiger partial charge in [0.05, 0.1) is 19.9 Å². The quantitative estimate of drug-likeness (QED) is 0.840. The molecule has 3 rings (SSSR count). The van der Waals surface area contributed by atoms with Gasteiger partial charge in [-0.1, -0.05) is 12.1 Å². The highest BCUT2D eigenvalue weighted by Gasteiger charge is 2.19. The number of benzene rings is 1. The molecule has 0 saturated carbocycles. The van der Waals surface area contributed by atoms with Crippen LogP contribution in [0.5, 0.6) is 5.75 Å². The summed E-state index contributed by atoms with van der Waals surface area (Å²) in [5, 5.41) is 4.06. The lowest BCUT2D eigenvalue weighted by atomic mass is 10.2. The van der Waals surface area contributed by atoms with Crippen molar-refractivity contribution in [1.82, 2.24) is 15.1 Å². The number of piperazine rings is 1. The molecule has 5 nitrogen and oxygen atoms in total. The van der Waals surface area contributed by atoms with Gasteiger partial charge in [-0.25, -0.2) is 0 Å². The molecule has 1 N–H and O–H groups in total. The molecular formula is C18H23N3O2S. The molecule has 24 heavy (non-hydrogen) atoms. The summed E-state index contributed by atoms with van der Waals surface area (Å²) < 4.78 is 10.5. The average molecular weight is 345 g/mol. The second kappa shape index (κ2) is 8.17. The van der Waals surface area contributed by atoms with Crippen LogP contribution in [0.25, 0.3) is 0 Å². The number of hydrogen-bond acceptors (Lipinski definition) is 4. The van der Waals surface area contributed by atoms with Crippen molar-refractivity contribution in [3.05, 3.63) is 54.0 Å². The largest absolute Gasteiger partial charge is 0.497 e.